The van der Waals surface area contributed by atoms with Gasteiger partial charge in [-0.15, -0.1) is 0 Å². The lowest BCUT2D eigenvalue weighted by Gasteiger charge is -2.12. The summed E-state index contributed by atoms with van der Waals surface area (Å²) < 4.78 is 5.47. The van der Waals surface area contributed by atoms with E-state index < -0.39 is 5.97 Å². The summed E-state index contributed by atoms with van der Waals surface area (Å²) in [5.74, 6) is -0.424. The van der Waals surface area contributed by atoms with Crippen LogP contribution in [0.1, 0.15) is 26.3 Å². The van der Waals surface area contributed by atoms with Crippen molar-refractivity contribution in [3.63, 3.8) is 0 Å². The molecule has 3 aromatic rings. The van der Waals surface area contributed by atoms with E-state index in [2.05, 4.69) is 5.32 Å². The third kappa shape index (κ3) is 4.12. The van der Waals surface area contributed by atoms with Gasteiger partial charge in [0, 0.05) is 5.56 Å². The smallest absolute Gasteiger partial charge is 0.343 e. The van der Waals surface area contributed by atoms with E-state index in [4.69, 9.17) is 4.74 Å². The Hall–Kier alpha value is -3.40. The molecule has 0 heterocycles. The number of carbonyl (C=O) groups is 2. The van der Waals surface area contributed by atoms with Gasteiger partial charge in [0.1, 0.15) is 0 Å². The molecule has 0 bridgehead atoms. The van der Waals surface area contributed by atoms with Crippen LogP contribution in [0.5, 0.6) is 5.75 Å². The van der Waals surface area contributed by atoms with Crippen molar-refractivity contribution in [1.82, 2.24) is 0 Å². The predicted molar refractivity (Wildman–Crippen MR) is 97.0 cm³/mol. The molecular weight excluding hydrogens is 314 g/mol. The van der Waals surface area contributed by atoms with E-state index in [1.54, 1.807) is 60.7 Å². The highest BCUT2D eigenvalue weighted by molar-refractivity contribution is 6.05. The fraction of sp³-hybridized carbons (Fsp3) is 0.0476. The van der Waals surface area contributed by atoms with Crippen molar-refractivity contribution < 1.29 is 14.3 Å². The number of anilines is 1. The number of hydrogen-bond acceptors (Lipinski definition) is 3. The van der Waals surface area contributed by atoms with E-state index in [0.717, 1.165) is 5.56 Å². The number of ether oxygens (including phenoxy) is 1. The largest absolute Gasteiger partial charge is 0.421 e. The highest BCUT2D eigenvalue weighted by Gasteiger charge is 2.14. The van der Waals surface area contributed by atoms with Crippen molar-refractivity contribution in [3.8, 4) is 5.75 Å². The van der Waals surface area contributed by atoms with Crippen LogP contribution in [0, 0.1) is 6.92 Å². The van der Waals surface area contributed by atoms with Crippen molar-refractivity contribution in [2.75, 3.05) is 5.32 Å². The van der Waals surface area contributed by atoms with Gasteiger partial charge in [0.25, 0.3) is 5.91 Å². The summed E-state index contributed by atoms with van der Waals surface area (Å²) in [6.45, 7) is 1.90. The molecule has 0 saturated heterocycles. The molecule has 0 radical (unpaired) electrons. The molecule has 0 unspecified atom stereocenters. The number of benzene rings is 3. The molecule has 0 aliphatic rings. The third-order valence-corrected chi connectivity index (χ3v) is 3.63. The maximum Gasteiger partial charge on any atom is 0.343 e. The van der Waals surface area contributed by atoms with Crippen LogP contribution in [0.4, 0.5) is 5.69 Å². The zero-order valence-electron chi connectivity index (χ0n) is 13.7. The normalized spacial score (nSPS) is 10.1. The summed E-state index contributed by atoms with van der Waals surface area (Å²) in [7, 11) is 0. The Morgan fingerprint density at radius 2 is 1.40 bits per heavy atom. The van der Waals surface area contributed by atoms with E-state index in [1.165, 1.54) is 0 Å². The molecule has 124 valence electrons. The Kier molecular flexibility index (Phi) is 4.90. The van der Waals surface area contributed by atoms with Gasteiger partial charge in [-0.1, -0.05) is 42.5 Å². The lowest BCUT2D eigenvalue weighted by Crippen LogP contribution is -2.15. The van der Waals surface area contributed by atoms with Crippen molar-refractivity contribution in [1.29, 1.82) is 0 Å². The fourth-order valence-corrected chi connectivity index (χ4v) is 2.35. The summed E-state index contributed by atoms with van der Waals surface area (Å²) >= 11 is 0. The summed E-state index contributed by atoms with van der Waals surface area (Å²) in [4.78, 5) is 24.7. The van der Waals surface area contributed by atoms with Crippen LogP contribution in [0.25, 0.3) is 0 Å². The predicted octanol–water partition coefficient (Wildman–Crippen LogP) is 4.47. The number of esters is 1. The molecule has 4 heteroatoms. The molecule has 1 amide bonds. The first-order chi connectivity index (χ1) is 12.1. The quantitative estimate of drug-likeness (QED) is 0.567. The highest BCUT2D eigenvalue weighted by Crippen LogP contribution is 2.27. The molecule has 0 fully saturated rings. The van der Waals surface area contributed by atoms with Crippen LogP contribution in [0.3, 0.4) is 0 Å². The van der Waals surface area contributed by atoms with Crippen LogP contribution in [0.15, 0.2) is 78.9 Å². The van der Waals surface area contributed by atoms with Crippen molar-refractivity contribution in [3.05, 3.63) is 95.6 Å². The second kappa shape index (κ2) is 7.45. The summed E-state index contributed by atoms with van der Waals surface area (Å²) in [6, 6.07) is 22.9. The lowest BCUT2D eigenvalue weighted by molar-refractivity contribution is 0.0734. The Morgan fingerprint density at radius 1 is 0.800 bits per heavy atom. The number of amides is 1. The molecular formula is C21H17NO3. The SMILES string of the molecule is Cc1ccc(OC(=O)c2ccccc2)c(NC(=O)c2ccccc2)c1. The number of rotatable bonds is 4. The van der Waals surface area contributed by atoms with E-state index >= 15 is 0 Å². The highest BCUT2D eigenvalue weighted by atomic mass is 16.5. The van der Waals surface area contributed by atoms with Gasteiger partial charge in [-0.05, 0) is 48.9 Å². The zero-order valence-corrected chi connectivity index (χ0v) is 13.7. The molecule has 4 nitrogen and oxygen atoms in total. The molecule has 0 spiro atoms. The Morgan fingerprint density at radius 3 is 2.04 bits per heavy atom. The van der Waals surface area contributed by atoms with Crippen molar-refractivity contribution >= 4 is 17.6 Å². The molecule has 0 aromatic heterocycles. The van der Waals surface area contributed by atoms with Gasteiger partial charge in [0.05, 0.1) is 11.3 Å². The number of aryl methyl sites for hydroxylation is 1. The number of carbonyl (C=O) groups excluding carboxylic acids is 2. The van der Waals surface area contributed by atoms with E-state index in [1.807, 2.05) is 25.1 Å². The topological polar surface area (TPSA) is 55.4 Å². The third-order valence-electron chi connectivity index (χ3n) is 3.63. The zero-order chi connectivity index (χ0) is 17.6. The molecule has 3 rings (SSSR count). The van der Waals surface area contributed by atoms with Gasteiger partial charge in [0.2, 0.25) is 0 Å². The van der Waals surface area contributed by atoms with Gasteiger partial charge >= 0.3 is 5.97 Å². The molecule has 3 aromatic carbocycles. The fourth-order valence-electron chi connectivity index (χ4n) is 2.35. The van der Waals surface area contributed by atoms with Crippen molar-refractivity contribution in [2.45, 2.75) is 6.92 Å². The van der Waals surface area contributed by atoms with Gasteiger partial charge < -0.3 is 10.1 Å². The standard InChI is InChI=1S/C21H17NO3/c1-15-12-13-19(25-21(24)17-10-6-3-7-11-17)18(14-15)22-20(23)16-8-4-2-5-9-16/h2-14H,1H3,(H,22,23). The second-order valence-electron chi connectivity index (χ2n) is 5.58. The first kappa shape index (κ1) is 16.5. The molecule has 0 saturated carbocycles. The summed E-state index contributed by atoms with van der Waals surface area (Å²) in [5, 5.41) is 2.81. The average molecular weight is 331 g/mol. The minimum absolute atomic E-state index is 0.261. The van der Waals surface area contributed by atoms with Crippen LogP contribution in [-0.2, 0) is 0 Å². The minimum Gasteiger partial charge on any atom is -0.421 e. The number of hydrogen-bond donors (Lipinski definition) is 1. The summed E-state index contributed by atoms with van der Waals surface area (Å²) in [5.41, 5.74) is 2.38. The Labute approximate surface area is 146 Å². The first-order valence-electron chi connectivity index (χ1n) is 7.88. The average Bonchev–Trinajstić information content (AvgIpc) is 2.65. The van der Waals surface area contributed by atoms with Gasteiger partial charge in [-0.2, -0.15) is 0 Å². The van der Waals surface area contributed by atoms with E-state index in [-0.39, 0.29) is 5.91 Å². The van der Waals surface area contributed by atoms with Gasteiger partial charge in [-0.25, -0.2) is 4.79 Å². The maximum atomic E-state index is 12.4. The van der Waals surface area contributed by atoms with Crippen LogP contribution in [0.2, 0.25) is 0 Å². The monoisotopic (exact) mass is 331 g/mol. The van der Waals surface area contributed by atoms with Crippen LogP contribution >= 0.6 is 0 Å². The first-order valence-corrected chi connectivity index (χ1v) is 7.88. The molecule has 0 aliphatic heterocycles. The molecule has 25 heavy (non-hydrogen) atoms. The maximum absolute atomic E-state index is 12.4. The van der Waals surface area contributed by atoms with Crippen molar-refractivity contribution in [2.24, 2.45) is 0 Å². The van der Waals surface area contributed by atoms with Crippen LogP contribution in [-0.4, -0.2) is 11.9 Å². The summed E-state index contributed by atoms with van der Waals surface area (Å²) in [6.07, 6.45) is 0. The van der Waals surface area contributed by atoms with E-state index in [0.29, 0.717) is 22.6 Å². The van der Waals surface area contributed by atoms with Crippen LogP contribution < -0.4 is 10.1 Å². The Balaban J connectivity index is 1.83. The lowest BCUT2D eigenvalue weighted by atomic mass is 10.1. The van der Waals surface area contributed by atoms with Gasteiger partial charge in [-0.3, -0.25) is 4.79 Å². The van der Waals surface area contributed by atoms with E-state index in [9.17, 15) is 9.59 Å². The second-order valence-corrected chi connectivity index (χ2v) is 5.58. The molecule has 0 aliphatic carbocycles. The molecule has 0 atom stereocenters. The van der Waals surface area contributed by atoms with Gasteiger partial charge in [0.15, 0.2) is 5.75 Å². The minimum atomic E-state index is -0.473. The molecule has 1 N–H and O–H groups in total. The Bertz CT molecular complexity index is 890. The number of nitrogens with one attached hydrogen (secondary N) is 1.